The lowest BCUT2D eigenvalue weighted by Gasteiger charge is -2.27. The van der Waals surface area contributed by atoms with Crippen LogP contribution in [0.15, 0.2) is 23.0 Å². The maximum absolute atomic E-state index is 13.5. The van der Waals surface area contributed by atoms with Gasteiger partial charge in [0, 0.05) is 19.4 Å². The Hall–Kier alpha value is -2.42. The van der Waals surface area contributed by atoms with Gasteiger partial charge in [-0.2, -0.15) is 5.10 Å². The van der Waals surface area contributed by atoms with Crippen LogP contribution in [0.5, 0.6) is 5.75 Å². The number of hydrogen-bond donors (Lipinski definition) is 0. The first-order valence-electron chi connectivity index (χ1n) is 9.46. The zero-order valence-electron chi connectivity index (χ0n) is 15.9. The number of ether oxygens (including phenoxy) is 1. The fraction of sp³-hybridized carbons (Fsp3) is 0.526. The van der Waals surface area contributed by atoms with Gasteiger partial charge in [-0.25, -0.2) is 18.3 Å². The molecule has 0 aliphatic carbocycles. The molecule has 1 aromatic heterocycles. The van der Waals surface area contributed by atoms with Gasteiger partial charge in [-0.3, -0.25) is 9.36 Å². The number of carbonyl (C=O) groups excluding carboxylic acids is 1. The normalized spacial score (nSPS) is 20.6. The Bertz CT molecular complexity index is 1000. The molecular formula is C19H21ClF2N4O3. The molecule has 2 aliphatic rings. The number of nitrogens with zero attached hydrogens (tertiary/aromatic N) is 4. The Morgan fingerprint density at radius 1 is 1.41 bits per heavy atom. The molecule has 1 amide bonds. The molecule has 0 N–H and O–H groups in total. The molecule has 1 fully saturated rings. The van der Waals surface area contributed by atoms with E-state index < -0.39 is 30.1 Å². The van der Waals surface area contributed by atoms with Crippen molar-refractivity contribution in [1.82, 2.24) is 19.2 Å². The number of amides is 1. The van der Waals surface area contributed by atoms with Gasteiger partial charge in [0.05, 0.1) is 25.2 Å². The number of aryl methyl sites for hydroxylation is 1. The van der Waals surface area contributed by atoms with Gasteiger partial charge in [0.25, 0.3) is 5.92 Å². The second-order valence-electron chi connectivity index (χ2n) is 7.47. The molecule has 7 nitrogen and oxygen atoms in total. The van der Waals surface area contributed by atoms with Crippen LogP contribution in [0.3, 0.4) is 0 Å². The molecule has 0 saturated carbocycles. The summed E-state index contributed by atoms with van der Waals surface area (Å²) in [5.74, 6) is -2.27. The van der Waals surface area contributed by atoms with Crippen LogP contribution in [0.25, 0.3) is 0 Å². The van der Waals surface area contributed by atoms with Crippen LogP contribution in [0.2, 0.25) is 5.02 Å². The molecule has 1 unspecified atom stereocenters. The summed E-state index contributed by atoms with van der Waals surface area (Å²) < 4.78 is 34.8. The smallest absolute Gasteiger partial charge is 0.346 e. The van der Waals surface area contributed by atoms with E-state index in [1.54, 1.807) is 18.2 Å². The molecule has 0 bridgehead atoms. The molecule has 0 radical (unpaired) electrons. The van der Waals surface area contributed by atoms with E-state index in [1.807, 2.05) is 0 Å². The maximum Gasteiger partial charge on any atom is 0.346 e. The van der Waals surface area contributed by atoms with Gasteiger partial charge < -0.3 is 9.64 Å². The second-order valence-corrected chi connectivity index (χ2v) is 7.88. The molecule has 2 aromatic rings. The van der Waals surface area contributed by atoms with E-state index in [2.05, 4.69) is 5.10 Å². The minimum absolute atomic E-state index is 0.00486. The number of aromatic nitrogens is 3. The lowest BCUT2D eigenvalue weighted by atomic mass is 10.0. The largest absolute Gasteiger partial charge is 0.495 e. The highest BCUT2D eigenvalue weighted by molar-refractivity contribution is 6.32. The summed E-state index contributed by atoms with van der Waals surface area (Å²) in [4.78, 5) is 27.0. The van der Waals surface area contributed by atoms with E-state index in [0.717, 1.165) is 10.5 Å². The monoisotopic (exact) mass is 426 g/mol. The lowest BCUT2D eigenvalue weighted by Crippen LogP contribution is -2.42. The second kappa shape index (κ2) is 7.44. The highest BCUT2D eigenvalue weighted by Crippen LogP contribution is 2.31. The zero-order valence-corrected chi connectivity index (χ0v) is 16.7. The average Bonchev–Trinajstić information content (AvgIpc) is 3.21. The molecule has 4 rings (SSSR count). The van der Waals surface area contributed by atoms with Crippen molar-refractivity contribution < 1.29 is 18.3 Å². The predicted molar refractivity (Wildman–Crippen MR) is 102 cm³/mol. The fourth-order valence-corrected chi connectivity index (χ4v) is 4.26. The van der Waals surface area contributed by atoms with E-state index in [9.17, 15) is 18.4 Å². The predicted octanol–water partition coefficient (Wildman–Crippen LogP) is 2.50. The van der Waals surface area contributed by atoms with Crippen molar-refractivity contribution in [2.75, 3.05) is 20.2 Å². The minimum atomic E-state index is -2.87. The summed E-state index contributed by atoms with van der Waals surface area (Å²) >= 11 is 6.15. The number of hydrogen-bond acceptors (Lipinski definition) is 4. The summed E-state index contributed by atoms with van der Waals surface area (Å²) in [7, 11) is 1.52. The highest BCUT2D eigenvalue weighted by atomic mass is 35.5. The third kappa shape index (κ3) is 3.75. The van der Waals surface area contributed by atoms with Crippen LogP contribution in [0.1, 0.15) is 36.7 Å². The summed E-state index contributed by atoms with van der Waals surface area (Å²) in [6, 6.07) is 4.40. The van der Waals surface area contributed by atoms with Crippen molar-refractivity contribution in [3.63, 3.8) is 0 Å². The first-order valence-corrected chi connectivity index (χ1v) is 9.84. The van der Waals surface area contributed by atoms with Crippen LogP contribution >= 0.6 is 11.6 Å². The number of methoxy groups -OCH3 is 1. The molecule has 1 atom stereocenters. The Morgan fingerprint density at radius 2 is 2.21 bits per heavy atom. The number of fused-ring (bicyclic) bond motifs is 1. The number of carbonyl (C=O) groups is 1. The van der Waals surface area contributed by atoms with Crippen molar-refractivity contribution in [2.45, 2.75) is 44.2 Å². The topological polar surface area (TPSA) is 69.4 Å². The number of alkyl halides is 2. The summed E-state index contributed by atoms with van der Waals surface area (Å²) in [5.41, 5.74) is 0.339. The number of likely N-dealkylation sites (tertiary alicyclic amines) is 1. The Balaban J connectivity index is 1.60. The molecule has 0 spiro atoms. The summed E-state index contributed by atoms with van der Waals surface area (Å²) in [5, 5.41) is 4.80. The SMILES string of the molecule is COc1ccc(Cn2nc3n(c2=O)C(C(=O)N2CCC(F)(F)C2)CCC3)cc1Cl. The van der Waals surface area contributed by atoms with Crippen LogP contribution in [-0.2, 0) is 17.8 Å². The van der Waals surface area contributed by atoms with Gasteiger partial charge in [0.1, 0.15) is 17.6 Å². The molecule has 2 aliphatic heterocycles. The molecule has 1 saturated heterocycles. The van der Waals surface area contributed by atoms with Crippen molar-refractivity contribution in [3.8, 4) is 5.75 Å². The van der Waals surface area contributed by atoms with Gasteiger partial charge in [-0.1, -0.05) is 17.7 Å². The third-order valence-corrected chi connectivity index (χ3v) is 5.74. The van der Waals surface area contributed by atoms with Gasteiger partial charge in [-0.05, 0) is 30.5 Å². The van der Waals surface area contributed by atoms with E-state index in [1.165, 1.54) is 16.4 Å². The van der Waals surface area contributed by atoms with E-state index in [-0.39, 0.29) is 19.5 Å². The van der Waals surface area contributed by atoms with Crippen molar-refractivity contribution in [2.24, 2.45) is 0 Å². The maximum atomic E-state index is 13.5. The zero-order chi connectivity index (χ0) is 20.8. The fourth-order valence-electron chi connectivity index (χ4n) is 3.98. The summed E-state index contributed by atoms with van der Waals surface area (Å²) in [6.07, 6.45) is 1.33. The van der Waals surface area contributed by atoms with Gasteiger partial charge in [-0.15, -0.1) is 0 Å². The van der Waals surface area contributed by atoms with Gasteiger partial charge >= 0.3 is 5.69 Å². The van der Waals surface area contributed by atoms with Crippen molar-refractivity contribution >= 4 is 17.5 Å². The quantitative estimate of drug-likeness (QED) is 0.753. The highest BCUT2D eigenvalue weighted by Gasteiger charge is 2.43. The van der Waals surface area contributed by atoms with E-state index >= 15 is 0 Å². The summed E-state index contributed by atoms with van der Waals surface area (Å²) in [6.45, 7) is -0.402. The molecule has 3 heterocycles. The molecule has 156 valence electrons. The van der Waals surface area contributed by atoms with E-state index in [4.69, 9.17) is 16.3 Å². The third-order valence-electron chi connectivity index (χ3n) is 5.45. The number of rotatable bonds is 4. The molecule has 29 heavy (non-hydrogen) atoms. The number of halogens is 3. The minimum Gasteiger partial charge on any atom is -0.495 e. The standard InChI is InChI=1S/C19H21ClF2N4O3/c1-29-15-6-5-12(9-13(15)20)10-25-18(28)26-14(3-2-4-16(26)23-25)17(27)24-8-7-19(21,22)11-24/h5-6,9,14H,2-4,7-8,10-11H2,1H3. The van der Waals surface area contributed by atoms with Gasteiger partial charge in [0.15, 0.2) is 0 Å². The van der Waals surface area contributed by atoms with Crippen LogP contribution < -0.4 is 10.4 Å². The first-order chi connectivity index (χ1) is 13.8. The average molecular weight is 427 g/mol. The van der Waals surface area contributed by atoms with Crippen molar-refractivity contribution in [1.29, 1.82) is 0 Å². The van der Waals surface area contributed by atoms with Crippen LogP contribution in [-0.4, -0.2) is 51.3 Å². The Labute approximate surface area is 170 Å². The Kier molecular flexibility index (Phi) is 5.10. The Morgan fingerprint density at radius 3 is 2.86 bits per heavy atom. The molecular weight excluding hydrogens is 406 g/mol. The molecule has 1 aromatic carbocycles. The van der Waals surface area contributed by atoms with E-state index in [0.29, 0.717) is 35.9 Å². The number of benzene rings is 1. The van der Waals surface area contributed by atoms with Gasteiger partial charge in [0.2, 0.25) is 5.91 Å². The van der Waals surface area contributed by atoms with Crippen molar-refractivity contribution in [3.05, 3.63) is 45.1 Å². The van der Waals surface area contributed by atoms with Crippen LogP contribution in [0, 0.1) is 0 Å². The van der Waals surface area contributed by atoms with Crippen LogP contribution in [0.4, 0.5) is 8.78 Å². The molecule has 10 heteroatoms. The lowest BCUT2D eigenvalue weighted by molar-refractivity contribution is -0.135. The first kappa shape index (κ1) is 19.9.